The molecule has 0 unspecified atom stereocenters. The summed E-state index contributed by atoms with van der Waals surface area (Å²) >= 11 is 0. The van der Waals surface area contributed by atoms with Crippen LogP contribution in [0.2, 0.25) is 0 Å². The molecule has 0 aliphatic carbocycles. The van der Waals surface area contributed by atoms with E-state index in [0.29, 0.717) is 31.8 Å². The number of nitrogens with zero attached hydrogens (tertiary/aromatic N) is 4. The summed E-state index contributed by atoms with van der Waals surface area (Å²) in [5.41, 5.74) is 3.19. The minimum atomic E-state index is 0. The van der Waals surface area contributed by atoms with Gasteiger partial charge in [0.1, 0.15) is 0 Å². The van der Waals surface area contributed by atoms with E-state index < -0.39 is 0 Å². The van der Waals surface area contributed by atoms with E-state index in [1.54, 1.807) is 7.05 Å². The number of fused-ring (bicyclic) bond motifs is 1. The normalized spacial score (nSPS) is 14.9. The Balaban J connectivity index is 0.00000272. The number of halogens is 1. The molecule has 8 nitrogen and oxygen atoms in total. The largest absolute Gasteiger partial charge is 0.381 e. The summed E-state index contributed by atoms with van der Waals surface area (Å²) in [6, 6.07) is 14.3. The Labute approximate surface area is 199 Å². The van der Waals surface area contributed by atoms with Gasteiger partial charge in [-0.15, -0.1) is 34.2 Å². The second kappa shape index (κ2) is 12.0. The van der Waals surface area contributed by atoms with Crippen LogP contribution in [0, 0.1) is 0 Å². The van der Waals surface area contributed by atoms with Crippen LogP contribution in [0.3, 0.4) is 0 Å². The van der Waals surface area contributed by atoms with Crippen molar-refractivity contribution < 1.29 is 9.47 Å². The van der Waals surface area contributed by atoms with Crippen molar-refractivity contribution in [2.24, 2.45) is 4.99 Å². The van der Waals surface area contributed by atoms with E-state index in [-0.39, 0.29) is 24.0 Å². The average molecular weight is 536 g/mol. The van der Waals surface area contributed by atoms with Crippen molar-refractivity contribution in [2.75, 3.05) is 20.3 Å². The van der Waals surface area contributed by atoms with Crippen molar-refractivity contribution in [3.63, 3.8) is 0 Å². The van der Waals surface area contributed by atoms with Crippen molar-refractivity contribution in [2.45, 2.75) is 38.6 Å². The SMILES string of the molecule is CN=C(NCc1cccc(COC2CCOCC2)c1)NCc1nnc2ccccn12.I. The number of hydrogen-bond donors (Lipinski definition) is 2. The highest BCUT2D eigenvalue weighted by atomic mass is 127. The third-order valence-corrected chi connectivity index (χ3v) is 5.13. The van der Waals surface area contributed by atoms with E-state index in [1.807, 2.05) is 28.8 Å². The number of nitrogens with one attached hydrogen (secondary N) is 2. The van der Waals surface area contributed by atoms with Gasteiger partial charge in [-0.25, -0.2) is 0 Å². The standard InChI is InChI=1S/C22H28N6O2.HI/c1-23-22(25-15-21-27-26-20-7-2-3-10-28(20)21)24-14-17-5-4-6-18(13-17)16-30-19-8-11-29-12-9-19;/h2-7,10,13,19H,8-9,11-12,14-16H2,1H3,(H2,23,24,25);1H. The summed E-state index contributed by atoms with van der Waals surface area (Å²) in [5, 5.41) is 15.1. The molecule has 2 aromatic heterocycles. The first-order chi connectivity index (χ1) is 14.8. The van der Waals surface area contributed by atoms with Gasteiger partial charge in [-0.05, 0) is 36.1 Å². The minimum absolute atomic E-state index is 0. The van der Waals surface area contributed by atoms with E-state index in [0.717, 1.165) is 37.5 Å². The lowest BCUT2D eigenvalue weighted by Crippen LogP contribution is -2.36. The van der Waals surface area contributed by atoms with E-state index in [4.69, 9.17) is 9.47 Å². The molecule has 0 bridgehead atoms. The van der Waals surface area contributed by atoms with E-state index in [9.17, 15) is 0 Å². The van der Waals surface area contributed by atoms with Crippen LogP contribution in [-0.4, -0.2) is 46.9 Å². The van der Waals surface area contributed by atoms with Crippen LogP contribution in [-0.2, 0) is 29.2 Å². The molecule has 1 aromatic carbocycles. The van der Waals surface area contributed by atoms with E-state index >= 15 is 0 Å². The maximum absolute atomic E-state index is 6.03. The minimum Gasteiger partial charge on any atom is -0.381 e. The zero-order chi connectivity index (χ0) is 20.6. The maximum Gasteiger partial charge on any atom is 0.191 e. The fourth-order valence-corrected chi connectivity index (χ4v) is 3.47. The van der Waals surface area contributed by atoms with Gasteiger partial charge in [-0.3, -0.25) is 9.39 Å². The predicted octanol–water partition coefficient (Wildman–Crippen LogP) is 2.91. The van der Waals surface area contributed by atoms with Crippen LogP contribution in [0.25, 0.3) is 5.65 Å². The molecule has 4 rings (SSSR count). The van der Waals surface area contributed by atoms with Crippen molar-refractivity contribution in [1.29, 1.82) is 0 Å². The number of hydrogen-bond acceptors (Lipinski definition) is 5. The fraction of sp³-hybridized carbons (Fsp3) is 0.409. The summed E-state index contributed by atoms with van der Waals surface area (Å²) in [4.78, 5) is 4.30. The lowest BCUT2D eigenvalue weighted by molar-refractivity contribution is -0.0390. The van der Waals surface area contributed by atoms with Crippen molar-refractivity contribution in [3.05, 3.63) is 65.6 Å². The summed E-state index contributed by atoms with van der Waals surface area (Å²) in [7, 11) is 1.76. The number of aromatic nitrogens is 3. The van der Waals surface area contributed by atoms with Gasteiger partial charge in [0, 0.05) is 33.0 Å². The molecule has 1 aliphatic heterocycles. The van der Waals surface area contributed by atoms with Crippen LogP contribution in [0.4, 0.5) is 0 Å². The van der Waals surface area contributed by atoms with Crippen LogP contribution in [0.15, 0.2) is 53.7 Å². The molecule has 1 fully saturated rings. The van der Waals surface area contributed by atoms with Crippen molar-refractivity contribution >= 4 is 35.6 Å². The molecule has 9 heteroatoms. The van der Waals surface area contributed by atoms with Crippen LogP contribution >= 0.6 is 24.0 Å². The number of benzene rings is 1. The monoisotopic (exact) mass is 536 g/mol. The number of rotatable bonds is 7. The zero-order valence-electron chi connectivity index (χ0n) is 17.7. The molecule has 31 heavy (non-hydrogen) atoms. The summed E-state index contributed by atoms with van der Waals surface area (Å²) in [6.45, 7) is 3.43. The Hall–Kier alpha value is -2.24. The number of guanidine groups is 1. The quantitative estimate of drug-likeness (QED) is 0.275. The molecule has 3 heterocycles. The van der Waals surface area contributed by atoms with Gasteiger partial charge in [0.25, 0.3) is 0 Å². The predicted molar refractivity (Wildman–Crippen MR) is 131 cm³/mol. The number of ether oxygens (including phenoxy) is 2. The lowest BCUT2D eigenvalue weighted by atomic mass is 10.1. The second-order valence-electron chi connectivity index (χ2n) is 7.27. The highest BCUT2D eigenvalue weighted by Gasteiger charge is 2.14. The molecule has 0 spiro atoms. The van der Waals surface area contributed by atoms with Gasteiger partial charge in [0.2, 0.25) is 0 Å². The molecule has 0 atom stereocenters. The molecular formula is C22H29IN6O2. The number of aliphatic imine (C=N–C) groups is 1. The Kier molecular flexibility index (Phi) is 9.04. The molecule has 0 saturated carbocycles. The molecule has 166 valence electrons. The van der Waals surface area contributed by atoms with E-state index in [2.05, 4.69) is 50.1 Å². The zero-order valence-corrected chi connectivity index (χ0v) is 20.0. The van der Waals surface area contributed by atoms with Crippen LogP contribution in [0.1, 0.15) is 29.8 Å². The Bertz CT molecular complexity index is 987. The molecule has 1 saturated heterocycles. The number of pyridine rings is 1. The smallest absolute Gasteiger partial charge is 0.191 e. The maximum atomic E-state index is 6.03. The summed E-state index contributed by atoms with van der Waals surface area (Å²) in [6.07, 6.45) is 4.21. The topological polar surface area (TPSA) is 85.1 Å². The highest BCUT2D eigenvalue weighted by Crippen LogP contribution is 2.14. The lowest BCUT2D eigenvalue weighted by Gasteiger charge is -2.22. The van der Waals surface area contributed by atoms with Crippen molar-refractivity contribution in [1.82, 2.24) is 25.2 Å². The fourth-order valence-electron chi connectivity index (χ4n) is 3.47. The first kappa shape index (κ1) is 23.4. The first-order valence-electron chi connectivity index (χ1n) is 10.3. The third kappa shape index (κ3) is 6.62. The summed E-state index contributed by atoms with van der Waals surface area (Å²) in [5.74, 6) is 1.55. The van der Waals surface area contributed by atoms with Gasteiger partial charge >= 0.3 is 0 Å². The Morgan fingerprint density at radius 3 is 2.74 bits per heavy atom. The molecule has 3 aromatic rings. The highest BCUT2D eigenvalue weighted by molar-refractivity contribution is 14.0. The van der Waals surface area contributed by atoms with Crippen molar-refractivity contribution in [3.8, 4) is 0 Å². The van der Waals surface area contributed by atoms with Crippen LogP contribution < -0.4 is 10.6 Å². The van der Waals surface area contributed by atoms with Gasteiger partial charge in [0.05, 0.1) is 19.3 Å². The Morgan fingerprint density at radius 2 is 1.90 bits per heavy atom. The average Bonchev–Trinajstić information content (AvgIpc) is 3.22. The molecule has 0 radical (unpaired) electrons. The van der Waals surface area contributed by atoms with Gasteiger partial charge < -0.3 is 20.1 Å². The molecule has 2 N–H and O–H groups in total. The van der Waals surface area contributed by atoms with Gasteiger partial charge in [0.15, 0.2) is 17.4 Å². The second-order valence-corrected chi connectivity index (χ2v) is 7.27. The molecule has 1 aliphatic rings. The van der Waals surface area contributed by atoms with Gasteiger partial charge in [-0.2, -0.15) is 0 Å². The molecular weight excluding hydrogens is 507 g/mol. The molecule has 0 amide bonds. The van der Waals surface area contributed by atoms with E-state index in [1.165, 1.54) is 11.1 Å². The summed E-state index contributed by atoms with van der Waals surface area (Å²) < 4.78 is 13.4. The first-order valence-corrected chi connectivity index (χ1v) is 10.3. The Morgan fingerprint density at radius 1 is 1.10 bits per heavy atom. The van der Waals surface area contributed by atoms with Crippen LogP contribution in [0.5, 0.6) is 0 Å². The van der Waals surface area contributed by atoms with Gasteiger partial charge in [-0.1, -0.05) is 30.3 Å². The third-order valence-electron chi connectivity index (χ3n) is 5.13.